The van der Waals surface area contributed by atoms with Gasteiger partial charge in [-0.1, -0.05) is 74.0 Å². The molecule has 9 aliphatic rings. The van der Waals surface area contributed by atoms with Gasteiger partial charge in [-0.05, 0) is 110 Å². The molecule has 25 nitrogen and oxygen atoms in total. The lowest BCUT2D eigenvalue weighted by atomic mass is 9.33. The fraction of sp³-hybridized carbons (Fsp3) is 0.932. The highest BCUT2D eigenvalue weighted by Gasteiger charge is 2.72. The van der Waals surface area contributed by atoms with E-state index in [1.807, 2.05) is 27.7 Å². The van der Waals surface area contributed by atoms with Gasteiger partial charge in [0.05, 0.1) is 49.5 Å². The molecule has 31 unspecified atom stereocenters. The highest BCUT2D eigenvalue weighted by molar-refractivity contribution is 5.73. The molecule has 4 saturated heterocycles. The minimum Gasteiger partial charge on any atom is -0.479 e. The quantitative estimate of drug-likeness (QED) is 0.0536. The number of carboxylic acid groups (broad SMARTS) is 1. The van der Waals surface area contributed by atoms with E-state index in [-0.39, 0.29) is 35.7 Å². The molecule has 0 spiro atoms. The van der Waals surface area contributed by atoms with E-state index in [1.165, 1.54) is 12.5 Å². The summed E-state index contributed by atoms with van der Waals surface area (Å²) in [5.74, 6) is -2.79. The van der Waals surface area contributed by atoms with Gasteiger partial charge in [0.15, 0.2) is 31.3 Å². The molecule has 0 amide bonds. The number of hydrogen-bond acceptors (Lipinski definition) is 24. The molecule has 8 fully saturated rings. The maximum atomic E-state index is 13.9. The molecule has 4 saturated carbocycles. The number of rotatable bonds is 15. The molecule has 9 rings (SSSR count). The van der Waals surface area contributed by atoms with Crippen LogP contribution in [0.1, 0.15) is 127 Å². The van der Waals surface area contributed by atoms with Crippen molar-refractivity contribution in [2.45, 2.75) is 268 Å². The van der Waals surface area contributed by atoms with E-state index in [0.717, 1.165) is 0 Å². The summed E-state index contributed by atoms with van der Waals surface area (Å²) in [5.41, 5.74) is -2.32. The van der Waals surface area contributed by atoms with Crippen LogP contribution in [0.4, 0.5) is 0 Å². The summed E-state index contributed by atoms with van der Waals surface area (Å²) >= 11 is 0. The van der Waals surface area contributed by atoms with Crippen molar-refractivity contribution in [3.63, 3.8) is 0 Å². The standard InChI is InChI=1S/C59H96O25/c1-11-24(2)49(75)79-34-20-58(10)26(27-18-54(4,5)19-32(63)59(27,34)23-62)12-13-31-56(8)16-15-33(55(6,7)30(56)14-17-57(31,58)9)80-53-47(84-51-42(71)39(68)36(65)28(21-60)77-51)44(43(72)45(82-53)48(73)74)81-52-46(40(69)37(66)29(22-61)78-52)83-50-41(70)38(67)35(64)25(3)76-50/h12,24-25,27-47,50-53,60-72H,11,13-23H2,1-10H3,(H,73,74). The molecule has 482 valence electrons. The van der Waals surface area contributed by atoms with Crippen molar-refractivity contribution in [1.29, 1.82) is 0 Å². The highest BCUT2D eigenvalue weighted by atomic mass is 16.8. The lowest BCUT2D eigenvalue weighted by Gasteiger charge is -2.72. The minimum atomic E-state index is -2.26. The predicted molar refractivity (Wildman–Crippen MR) is 288 cm³/mol. The van der Waals surface area contributed by atoms with Gasteiger partial charge in [-0.2, -0.15) is 0 Å². The molecule has 14 N–H and O–H groups in total. The normalized spacial score (nSPS) is 52.1. The maximum absolute atomic E-state index is 13.9. The Morgan fingerprint density at radius 3 is 1.80 bits per heavy atom. The molecule has 4 aliphatic heterocycles. The van der Waals surface area contributed by atoms with E-state index >= 15 is 0 Å². The Labute approximate surface area is 490 Å². The molecular formula is C59H96O25. The molecule has 0 aromatic heterocycles. The summed E-state index contributed by atoms with van der Waals surface area (Å²) in [5, 5.41) is 155. The summed E-state index contributed by atoms with van der Waals surface area (Å²) in [6.07, 6.45) is -32.8. The van der Waals surface area contributed by atoms with Crippen molar-refractivity contribution in [3.8, 4) is 0 Å². The Kier molecular flexibility index (Phi) is 19.1. The van der Waals surface area contributed by atoms with Crippen LogP contribution in [-0.2, 0) is 52.2 Å². The number of esters is 1. The Bertz CT molecular complexity index is 2360. The molecule has 31 atom stereocenters. The Morgan fingerprint density at radius 2 is 1.19 bits per heavy atom. The largest absolute Gasteiger partial charge is 0.479 e. The first-order chi connectivity index (χ1) is 39.2. The van der Waals surface area contributed by atoms with Crippen LogP contribution in [0.5, 0.6) is 0 Å². The third kappa shape index (κ3) is 10.9. The van der Waals surface area contributed by atoms with Crippen molar-refractivity contribution >= 4 is 11.9 Å². The average molecular weight is 1210 g/mol. The van der Waals surface area contributed by atoms with Crippen LogP contribution < -0.4 is 0 Å². The lowest BCUT2D eigenvalue weighted by Crippen LogP contribution is -2.70. The number of fused-ring (bicyclic) bond motifs is 7. The maximum Gasteiger partial charge on any atom is 0.335 e. The van der Waals surface area contributed by atoms with E-state index in [1.54, 1.807) is 0 Å². The van der Waals surface area contributed by atoms with E-state index in [0.29, 0.717) is 57.8 Å². The molecule has 0 aromatic carbocycles. The number of carbonyl (C=O) groups excluding carboxylic acids is 1. The Hall–Kier alpha value is -2.16. The number of aliphatic hydroxyl groups is 13. The second kappa shape index (κ2) is 24.2. The van der Waals surface area contributed by atoms with Gasteiger partial charge in [0.1, 0.15) is 91.6 Å². The SMILES string of the molecule is CCC(C)C(=O)OC1CC2(C)C(=CCC3C4(C)CCC(OC5OC(C(=O)O)C(O)C(OC6OC(CO)C(O)C(O)C6OC6OC(C)C(O)C(O)C6O)C5OC5OC(CO)C(O)C(O)C5O)C(C)(C)C4CCC32C)C2CC(C)(C)CC(O)C12CO. The first-order valence-corrected chi connectivity index (χ1v) is 30.2. The summed E-state index contributed by atoms with van der Waals surface area (Å²) in [6, 6.07) is 0. The van der Waals surface area contributed by atoms with Gasteiger partial charge in [0.25, 0.3) is 0 Å². The molecule has 0 aromatic rings. The first kappa shape index (κ1) is 66.3. The number of ether oxygens (including phenoxy) is 9. The van der Waals surface area contributed by atoms with Crippen molar-refractivity contribution in [2.24, 2.45) is 56.2 Å². The van der Waals surface area contributed by atoms with Gasteiger partial charge in [-0.15, -0.1) is 0 Å². The zero-order valence-electron chi connectivity index (χ0n) is 49.9. The third-order valence-electron chi connectivity index (χ3n) is 22.8. The second-order valence-electron chi connectivity index (χ2n) is 28.3. The van der Waals surface area contributed by atoms with Gasteiger partial charge in [-0.25, -0.2) is 4.79 Å². The third-order valence-corrected chi connectivity index (χ3v) is 22.8. The lowest BCUT2D eigenvalue weighted by molar-refractivity contribution is -0.406. The number of hydrogen-bond donors (Lipinski definition) is 14. The number of aliphatic carboxylic acids is 1. The molecule has 0 bridgehead atoms. The van der Waals surface area contributed by atoms with Crippen LogP contribution in [0.25, 0.3) is 0 Å². The van der Waals surface area contributed by atoms with Gasteiger partial charge < -0.3 is 114 Å². The van der Waals surface area contributed by atoms with E-state index < -0.39 is 193 Å². The number of carbonyl (C=O) groups is 2. The Morgan fingerprint density at radius 1 is 0.619 bits per heavy atom. The zero-order chi connectivity index (χ0) is 61.9. The van der Waals surface area contributed by atoms with Crippen LogP contribution in [0.15, 0.2) is 11.6 Å². The molecule has 4 heterocycles. The van der Waals surface area contributed by atoms with Crippen LogP contribution >= 0.6 is 0 Å². The smallest absolute Gasteiger partial charge is 0.335 e. The topological polar surface area (TPSA) is 400 Å². The monoisotopic (exact) mass is 1200 g/mol. The van der Waals surface area contributed by atoms with Crippen LogP contribution in [0.3, 0.4) is 0 Å². The summed E-state index contributed by atoms with van der Waals surface area (Å²) < 4.78 is 55.8. The summed E-state index contributed by atoms with van der Waals surface area (Å²) in [6.45, 7) is 18.2. The zero-order valence-corrected chi connectivity index (χ0v) is 49.9. The molecule has 5 aliphatic carbocycles. The van der Waals surface area contributed by atoms with E-state index in [4.69, 9.17) is 42.6 Å². The predicted octanol–water partition coefficient (Wildman–Crippen LogP) is -0.903. The van der Waals surface area contributed by atoms with E-state index in [9.17, 15) is 81.1 Å². The Balaban J connectivity index is 1.06. The molecular weight excluding hydrogens is 1110 g/mol. The van der Waals surface area contributed by atoms with Crippen LogP contribution in [-0.4, -0.2) is 244 Å². The fourth-order valence-electron chi connectivity index (χ4n) is 17.4. The van der Waals surface area contributed by atoms with Crippen molar-refractivity contribution < 1.29 is 124 Å². The number of aliphatic hydroxyl groups excluding tert-OH is 13. The number of carboxylic acids is 1. The first-order valence-electron chi connectivity index (χ1n) is 30.2. The summed E-state index contributed by atoms with van der Waals surface area (Å²) in [7, 11) is 0. The molecule has 0 radical (unpaired) electrons. The molecule has 25 heteroatoms. The second-order valence-corrected chi connectivity index (χ2v) is 28.3. The average Bonchev–Trinajstić information content (AvgIpc) is 0.685. The van der Waals surface area contributed by atoms with Gasteiger partial charge >= 0.3 is 11.9 Å². The van der Waals surface area contributed by atoms with Gasteiger partial charge in [-0.3, -0.25) is 4.79 Å². The number of allylic oxidation sites excluding steroid dienone is 2. The fourth-order valence-corrected chi connectivity index (χ4v) is 17.4. The van der Waals surface area contributed by atoms with Gasteiger partial charge in [0.2, 0.25) is 0 Å². The van der Waals surface area contributed by atoms with Crippen molar-refractivity contribution in [1.82, 2.24) is 0 Å². The minimum absolute atomic E-state index is 0.0447. The van der Waals surface area contributed by atoms with Crippen LogP contribution in [0, 0.1) is 56.2 Å². The summed E-state index contributed by atoms with van der Waals surface area (Å²) in [4.78, 5) is 27.1. The van der Waals surface area contributed by atoms with E-state index in [2.05, 4.69) is 40.7 Å². The van der Waals surface area contributed by atoms with Crippen molar-refractivity contribution in [2.75, 3.05) is 19.8 Å². The van der Waals surface area contributed by atoms with Crippen LogP contribution in [0.2, 0.25) is 0 Å². The van der Waals surface area contributed by atoms with Crippen molar-refractivity contribution in [3.05, 3.63) is 11.6 Å². The molecule has 84 heavy (non-hydrogen) atoms. The highest BCUT2D eigenvalue weighted by Crippen LogP contribution is 2.76. The van der Waals surface area contributed by atoms with Gasteiger partial charge in [0, 0.05) is 0 Å².